The maximum Gasteiger partial charge on any atom is 0.162 e. The summed E-state index contributed by atoms with van der Waals surface area (Å²) in [7, 11) is 3.29. The number of nitrogens with zero attached hydrogens (tertiary/aromatic N) is 4. The van der Waals surface area contributed by atoms with Gasteiger partial charge in [0.2, 0.25) is 0 Å². The summed E-state index contributed by atoms with van der Waals surface area (Å²) < 4.78 is 16.4. The predicted octanol–water partition coefficient (Wildman–Crippen LogP) is 1.95. The Kier molecular flexibility index (Phi) is 5.08. The van der Waals surface area contributed by atoms with Gasteiger partial charge in [0.25, 0.3) is 0 Å². The number of aromatic nitrogens is 2. The maximum absolute atomic E-state index is 5.49. The molecule has 2 aromatic rings. The molecule has 0 spiro atoms. The van der Waals surface area contributed by atoms with Crippen molar-refractivity contribution in [3.8, 4) is 11.5 Å². The highest BCUT2D eigenvalue weighted by Gasteiger charge is 2.26. The third-order valence-corrected chi connectivity index (χ3v) is 5.44. The van der Waals surface area contributed by atoms with Crippen LogP contribution in [0.3, 0.4) is 0 Å². The average Bonchev–Trinajstić information content (AvgIpc) is 2.73. The van der Waals surface area contributed by atoms with E-state index in [1.807, 2.05) is 12.1 Å². The number of ether oxygens (including phenoxy) is 3. The van der Waals surface area contributed by atoms with E-state index >= 15 is 0 Å². The van der Waals surface area contributed by atoms with Crippen molar-refractivity contribution >= 4 is 16.7 Å². The van der Waals surface area contributed by atoms with Crippen LogP contribution in [-0.4, -0.2) is 74.5 Å². The van der Waals surface area contributed by atoms with Gasteiger partial charge in [0.15, 0.2) is 11.5 Å². The van der Waals surface area contributed by atoms with E-state index in [0.717, 1.165) is 69.0 Å². The molecule has 0 N–H and O–H groups in total. The molecule has 1 aromatic carbocycles. The van der Waals surface area contributed by atoms with Gasteiger partial charge >= 0.3 is 0 Å². The highest BCUT2D eigenvalue weighted by molar-refractivity contribution is 5.92. The van der Waals surface area contributed by atoms with Crippen molar-refractivity contribution in [2.75, 3.05) is 58.5 Å². The molecule has 1 aromatic heterocycles. The topological polar surface area (TPSA) is 60.0 Å². The molecule has 2 saturated heterocycles. The second-order valence-corrected chi connectivity index (χ2v) is 6.79. The largest absolute Gasteiger partial charge is 0.493 e. The molecule has 2 aliphatic rings. The number of fused-ring (bicyclic) bond motifs is 1. The van der Waals surface area contributed by atoms with Crippen LogP contribution in [0.4, 0.5) is 5.82 Å². The number of benzene rings is 1. The molecular weight excluding hydrogens is 332 g/mol. The third-order valence-electron chi connectivity index (χ3n) is 5.44. The van der Waals surface area contributed by atoms with Gasteiger partial charge in [0, 0.05) is 56.9 Å². The highest BCUT2D eigenvalue weighted by Crippen LogP contribution is 2.35. The fraction of sp³-hybridized carbons (Fsp3) is 0.579. The number of hydrogen-bond acceptors (Lipinski definition) is 7. The zero-order chi connectivity index (χ0) is 17.9. The van der Waals surface area contributed by atoms with Crippen LogP contribution < -0.4 is 14.4 Å². The predicted molar refractivity (Wildman–Crippen MR) is 100 cm³/mol. The van der Waals surface area contributed by atoms with E-state index in [0.29, 0.717) is 17.5 Å². The van der Waals surface area contributed by atoms with Crippen LogP contribution in [0.25, 0.3) is 10.9 Å². The Morgan fingerprint density at radius 1 is 0.962 bits per heavy atom. The Bertz CT molecular complexity index is 756. The monoisotopic (exact) mass is 358 g/mol. The minimum atomic E-state index is 0.664. The number of anilines is 1. The molecule has 140 valence electrons. The Morgan fingerprint density at radius 3 is 2.35 bits per heavy atom. The first-order valence-corrected chi connectivity index (χ1v) is 9.23. The van der Waals surface area contributed by atoms with Gasteiger partial charge in [-0.2, -0.15) is 0 Å². The zero-order valence-corrected chi connectivity index (χ0v) is 15.5. The SMILES string of the molecule is COc1cc2ncnc(N3CCN(C4CCOCC4)CC3)c2cc1OC. The van der Waals surface area contributed by atoms with Gasteiger partial charge < -0.3 is 19.1 Å². The van der Waals surface area contributed by atoms with Crippen molar-refractivity contribution in [3.63, 3.8) is 0 Å². The standard InChI is InChI=1S/C19H26N4O3/c1-24-17-11-15-16(12-18(17)25-2)20-13-21-19(15)23-7-5-22(6-8-23)14-3-9-26-10-4-14/h11-14H,3-10H2,1-2H3. The van der Waals surface area contributed by atoms with E-state index in [2.05, 4.69) is 19.8 Å². The molecule has 7 nitrogen and oxygen atoms in total. The van der Waals surface area contributed by atoms with Crippen molar-refractivity contribution in [2.45, 2.75) is 18.9 Å². The van der Waals surface area contributed by atoms with Crippen LogP contribution >= 0.6 is 0 Å². The van der Waals surface area contributed by atoms with Crippen LogP contribution in [0.2, 0.25) is 0 Å². The maximum atomic E-state index is 5.49. The molecule has 0 radical (unpaired) electrons. The van der Waals surface area contributed by atoms with Crippen LogP contribution in [0, 0.1) is 0 Å². The van der Waals surface area contributed by atoms with E-state index < -0.39 is 0 Å². The first kappa shape index (κ1) is 17.3. The number of rotatable bonds is 4. The lowest BCUT2D eigenvalue weighted by atomic mass is 10.1. The Hall–Kier alpha value is -2.12. The highest BCUT2D eigenvalue weighted by atomic mass is 16.5. The van der Waals surface area contributed by atoms with Gasteiger partial charge in [-0.25, -0.2) is 9.97 Å². The number of hydrogen-bond donors (Lipinski definition) is 0. The van der Waals surface area contributed by atoms with Crippen molar-refractivity contribution in [3.05, 3.63) is 18.5 Å². The van der Waals surface area contributed by atoms with E-state index in [9.17, 15) is 0 Å². The van der Waals surface area contributed by atoms with Crippen LogP contribution in [0.15, 0.2) is 18.5 Å². The lowest BCUT2D eigenvalue weighted by molar-refractivity contribution is 0.0321. The summed E-state index contributed by atoms with van der Waals surface area (Å²) in [5.41, 5.74) is 0.875. The summed E-state index contributed by atoms with van der Waals surface area (Å²) in [6.45, 7) is 5.84. The summed E-state index contributed by atoms with van der Waals surface area (Å²) in [6, 6.07) is 4.56. The van der Waals surface area contributed by atoms with E-state index in [1.54, 1.807) is 20.5 Å². The first-order valence-electron chi connectivity index (χ1n) is 9.23. The van der Waals surface area contributed by atoms with Crippen LogP contribution in [-0.2, 0) is 4.74 Å². The second-order valence-electron chi connectivity index (χ2n) is 6.79. The minimum Gasteiger partial charge on any atom is -0.493 e. The smallest absolute Gasteiger partial charge is 0.162 e. The fourth-order valence-electron chi connectivity index (χ4n) is 3.97. The van der Waals surface area contributed by atoms with E-state index in [-0.39, 0.29) is 0 Å². The quantitative estimate of drug-likeness (QED) is 0.828. The molecule has 0 saturated carbocycles. The molecule has 7 heteroatoms. The molecule has 3 heterocycles. The minimum absolute atomic E-state index is 0.664. The van der Waals surface area contributed by atoms with Gasteiger partial charge in [-0.1, -0.05) is 0 Å². The van der Waals surface area contributed by atoms with Gasteiger partial charge in [0.05, 0.1) is 19.7 Å². The Morgan fingerprint density at radius 2 is 1.65 bits per heavy atom. The van der Waals surface area contributed by atoms with E-state index in [1.165, 1.54) is 0 Å². The zero-order valence-electron chi connectivity index (χ0n) is 15.5. The molecule has 2 aliphatic heterocycles. The molecular formula is C19H26N4O3. The average molecular weight is 358 g/mol. The Labute approximate surface area is 153 Å². The summed E-state index contributed by atoms with van der Waals surface area (Å²) in [5.74, 6) is 2.37. The summed E-state index contributed by atoms with van der Waals surface area (Å²) in [6.07, 6.45) is 3.93. The van der Waals surface area contributed by atoms with Gasteiger partial charge in [-0.05, 0) is 18.9 Å². The van der Waals surface area contributed by atoms with Crippen LogP contribution in [0.1, 0.15) is 12.8 Å². The molecule has 0 aliphatic carbocycles. The van der Waals surface area contributed by atoms with Crippen molar-refractivity contribution < 1.29 is 14.2 Å². The van der Waals surface area contributed by atoms with E-state index in [4.69, 9.17) is 14.2 Å². The molecule has 0 atom stereocenters. The molecule has 2 fully saturated rings. The molecule has 0 amide bonds. The second kappa shape index (κ2) is 7.63. The van der Waals surface area contributed by atoms with Gasteiger partial charge in [-0.15, -0.1) is 0 Å². The summed E-state index contributed by atoms with van der Waals surface area (Å²) in [4.78, 5) is 13.9. The molecule has 0 unspecified atom stereocenters. The summed E-state index contributed by atoms with van der Waals surface area (Å²) in [5, 5.41) is 1.00. The Balaban J connectivity index is 1.55. The van der Waals surface area contributed by atoms with Crippen molar-refractivity contribution in [1.82, 2.24) is 14.9 Å². The molecule has 26 heavy (non-hydrogen) atoms. The fourth-order valence-corrected chi connectivity index (χ4v) is 3.97. The van der Waals surface area contributed by atoms with Gasteiger partial charge in [-0.3, -0.25) is 4.90 Å². The first-order chi connectivity index (χ1) is 12.8. The van der Waals surface area contributed by atoms with Gasteiger partial charge in [0.1, 0.15) is 12.1 Å². The normalized spacial score (nSPS) is 19.7. The summed E-state index contributed by atoms with van der Waals surface area (Å²) >= 11 is 0. The number of methoxy groups -OCH3 is 2. The lowest BCUT2D eigenvalue weighted by Gasteiger charge is -2.41. The number of piperazine rings is 1. The third kappa shape index (κ3) is 3.29. The van der Waals surface area contributed by atoms with Crippen LogP contribution in [0.5, 0.6) is 11.5 Å². The van der Waals surface area contributed by atoms with Crippen molar-refractivity contribution in [1.29, 1.82) is 0 Å². The van der Waals surface area contributed by atoms with Crippen molar-refractivity contribution in [2.24, 2.45) is 0 Å². The lowest BCUT2D eigenvalue weighted by Crippen LogP contribution is -2.51. The molecule has 0 bridgehead atoms. The molecule has 4 rings (SSSR count).